The largest absolute Gasteiger partial charge is 0.306 e. The van der Waals surface area contributed by atoms with Gasteiger partial charge in [-0.15, -0.1) is 10.2 Å². The molecule has 1 aliphatic rings. The first-order valence-electron chi connectivity index (χ1n) is 6.42. The van der Waals surface area contributed by atoms with Crippen molar-refractivity contribution >= 4 is 11.8 Å². The number of aromatic nitrogens is 3. The molecule has 0 saturated heterocycles. The Morgan fingerprint density at radius 1 is 1.33 bits per heavy atom. The fourth-order valence-electron chi connectivity index (χ4n) is 2.02. The van der Waals surface area contributed by atoms with Crippen LogP contribution in [0.3, 0.4) is 0 Å². The van der Waals surface area contributed by atoms with Crippen LogP contribution in [0.15, 0.2) is 41.8 Å². The van der Waals surface area contributed by atoms with Crippen LogP contribution in [-0.2, 0) is 0 Å². The molecule has 94 valence electrons. The lowest BCUT2D eigenvalue weighted by atomic mass is 10.0. The van der Waals surface area contributed by atoms with Gasteiger partial charge in [-0.25, -0.2) is 0 Å². The van der Waals surface area contributed by atoms with Crippen molar-refractivity contribution in [2.45, 2.75) is 36.9 Å². The third-order valence-electron chi connectivity index (χ3n) is 3.31. The zero-order valence-corrected chi connectivity index (χ0v) is 11.3. The average Bonchev–Trinajstić information content (AvgIpc) is 3.16. The first-order chi connectivity index (χ1) is 8.84. The second-order valence-corrected chi connectivity index (χ2v) is 5.86. The van der Waals surface area contributed by atoms with Crippen LogP contribution in [-0.4, -0.2) is 20.5 Å². The molecule has 1 saturated carbocycles. The van der Waals surface area contributed by atoms with Crippen molar-refractivity contribution in [1.29, 1.82) is 0 Å². The molecule has 3 nitrogen and oxygen atoms in total. The van der Waals surface area contributed by atoms with Gasteiger partial charge in [-0.05, 0) is 24.3 Å². The Morgan fingerprint density at radius 3 is 2.83 bits per heavy atom. The minimum atomic E-state index is 0.542. The molecule has 1 fully saturated rings. The maximum absolute atomic E-state index is 4.22. The van der Waals surface area contributed by atoms with E-state index in [1.54, 1.807) is 0 Å². The number of hydrogen-bond donors (Lipinski definition) is 0. The van der Waals surface area contributed by atoms with Gasteiger partial charge in [-0.1, -0.05) is 49.0 Å². The lowest BCUT2D eigenvalue weighted by Crippen LogP contribution is -2.00. The van der Waals surface area contributed by atoms with Gasteiger partial charge in [-0.3, -0.25) is 0 Å². The van der Waals surface area contributed by atoms with Crippen LogP contribution in [0, 0.1) is 0 Å². The molecular weight excluding hydrogens is 242 g/mol. The van der Waals surface area contributed by atoms with E-state index in [9.17, 15) is 0 Å². The smallest absolute Gasteiger partial charge is 0.191 e. The second-order valence-electron chi connectivity index (χ2n) is 4.87. The molecule has 4 heteroatoms. The molecule has 1 aromatic heterocycles. The fraction of sp³-hybridized carbons (Fsp3) is 0.429. The van der Waals surface area contributed by atoms with Crippen molar-refractivity contribution in [2.75, 3.05) is 5.75 Å². The SMILES string of the molecule is C[C@@H](CSc1nncn1C1CC1)c1ccccc1. The van der Waals surface area contributed by atoms with Crippen LogP contribution in [0.5, 0.6) is 0 Å². The van der Waals surface area contributed by atoms with Crippen molar-refractivity contribution in [1.82, 2.24) is 14.8 Å². The normalized spacial score (nSPS) is 16.7. The summed E-state index contributed by atoms with van der Waals surface area (Å²) >= 11 is 1.81. The summed E-state index contributed by atoms with van der Waals surface area (Å²) < 4.78 is 2.22. The molecule has 0 aliphatic heterocycles. The van der Waals surface area contributed by atoms with Gasteiger partial charge in [0.2, 0.25) is 0 Å². The molecule has 1 heterocycles. The average molecular weight is 259 g/mol. The van der Waals surface area contributed by atoms with Crippen LogP contribution < -0.4 is 0 Å². The molecule has 0 N–H and O–H groups in total. The number of benzene rings is 1. The molecule has 3 rings (SSSR count). The van der Waals surface area contributed by atoms with Crippen molar-refractivity contribution < 1.29 is 0 Å². The van der Waals surface area contributed by atoms with E-state index in [1.807, 2.05) is 18.1 Å². The Hall–Kier alpha value is -1.29. The van der Waals surface area contributed by atoms with Gasteiger partial charge in [0.05, 0.1) is 0 Å². The minimum absolute atomic E-state index is 0.542. The lowest BCUT2D eigenvalue weighted by Gasteiger charge is -2.11. The van der Waals surface area contributed by atoms with E-state index in [0.717, 1.165) is 10.9 Å². The van der Waals surface area contributed by atoms with E-state index < -0.39 is 0 Å². The van der Waals surface area contributed by atoms with Gasteiger partial charge in [0, 0.05) is 11.8 Å². The predicted molar refractivity (Wildman–Crippen MR) is 73.9 cm³/mol. The first-order valence-corrected chi connectivity index (χ1v) is 7.40. The van der Waals surface area contributed by atoms with E-state index in [0.29, 0.717) is 12.0 Å². The van der Waals surface area contributed by atoms with Gasteiger partial charge in [0.1, 0.15) is 6.33 Å². The maximum atomic E-state index is 4.22. The number of rotatable bonds is 5. The quantitative estimate of drug-likeness (QED) is 0.770. The van der Waals surface area contributed by atoms with Crippen LogP contribution >= 0.6 is 11.8 Å². The molecule has 1 aliphatic carbocycles. The molecule has 0 unspecified atom stereocenters. The zero-order chi connectivity index (χ0) is 12.4. The standard InChI is InChI=1S/C14H17N3S/c1-11(12-5-3-2-4-6-12)9-18-14-16-15-10-17(14)13-7-8-13/h2-6,10-11,13H,7-9H2,1H3/t11-/m0/s1. The summed E-state index contributed by atoms with van der Waals surface area (Å²) in [6, 6.07) is 11.3. The summed E-state index contributed by atoms with van der Waals surface area (Å²) in [7, 11) is 0. The Bertz CT molecular complexity index is 505. The highest BCUT2D eigenvalue weighted by Gasteiger charge is 2.26. The summed E-state index contributed by atoms with van der Waals surface area (Å²) in [4.78, 5) is 0. The Morgan fingerprint density at radius 2 is 2.11 bits per heavy atom. The van der Waals surface area contributed by atoms with Crippen molar-refractivity contribution in [2.24, 2.45) is 0 Å². The third-order valence-corrected chi connectivity index (χ3v) is 4.53. The Kier molecular flexibility index (Phi) is 3.37. The van der Waals surface area contributed by atoms with Crippen molar-refractivity contribution in [3.05, 3.63) is 42.2 Å². The highest BCUT2D eigenvalue weighted by atomic mass is 32.2. The van der Waals surface area contributed by atoms with E-state index in [1.165, 1.54) is 18.4 Å². The van der Waals surface area contributed by atoms with Crippen LogP contribution in [0.25, 0.3) is 0 Å². The molecule has 2 aromatic rings. The van der Waals surface area contributed by atoms with Gasteiger partial charge in [0.15, 0.2) is 5.16 Å². The van der Waals surface area contributed by atoms with E-state index in [2.05, 4.69) is 52.0 Å². The minimum Gasteiger partial charge on any atom is -0.306 e. The molecular formula is C14H17N3S. The second kappa shape index (κ2) is 5.14. The molecule has 1 atom stereocenters. The highest BCUT2D eigenvalue weighted by Crippen LogP contribution is 2.37. The van der Waals surface area contributed by atoms with E-state index >= 15 is 0 Å². The monoisotopic (exact) mass is 259 g/mol. The number of nitrogens with zero attached hydrogens (tertiary/aromatic N) is 3. The summed E-state index contributed by atoms with van der Waals surface area (Å²) in [6.07, 6.45) is 4.42. The van der Waals surface area contributed by atoms with Crippen molar-refractivity contribution in [3.63, 3.8) is 0 Å². The summed E-state index contributed by atoms with van der Waals surface area (Å²) in [5.41, 5.74) is 1.39. The van der Waals surface area contributed by atoms with Gasteiger partial charge in [-0.2, -0.15) is 0 Å². The van der Waals surface area contributed by atoms with Crippen LogP contribution in [0.2, 0.25) is 0 Å². The summed E-state index contributed by atoms with van der Waals surface area (Å²) in [5.74, 6) is 1.59. The maximum Gasteiger partial charge on any atom is 0.191 e. The summed E-state index contributed by atoms with van der Waals surface area (Å²) in [5, 5.41) is 9.31. The molecule has 0 amide bonds. The summed E-state index contributed by atoms with van der Waals surface area (Å²) in [6.45, 7) is 2.26. The lowest BCUT2D eigenvalue weighted by molar-refractivity contribution is 0.662. The van der Waals surface area contributed by atoms with E-state index in [4.69, 9.17) is 0 Å². The number of thioether (sulfide) groups is 1. The van der Waals surface area contributed by atoms with Gasteiger partial charge in [0.25, 0.3) is 0 Å². The first kappa shape index (κ1) is 11.8. The van der Waals surface area contributed by atoms with Crippen molar-refractivity contribution in [3.8, 4) is 0 Å². The van der Waals surface area contributed by atoms with E-state index in [-0.39, 0.29) is 0 Å². The third kappa shape index (κ3) is 2.58. The number of hydrogen-bond acceptors (Lipinski definition) is 3. The molecule has 0 radical (unpaired) electrons. The molecule has 1 aromatic carbocycles. The topological polar surface area (TPSA) is 30.7 Å². The fourth-order valence-corrected chi connectivity index (χ4v) is 3.06. The zero-order valence-electron chi connectivity index (χ0n) is 10.5. The Balaban J connectivity index is 1.62. The highest BCUT2D eigenvalue weighted by molar-refractivity contribution is 7.99. The predicted octanol–water partition coefficient (Wildman–Crippen LogP) is 3.51. The molecule has 0 spiro atoms. The van der Waals surface area contributed by atoms with Gasteiger partial charge < -0.3 is 4.57 Å². The van der Waals surface area contributed by atoms with Crippen LogP contribution in [0.1, 0.15) is 37.3 Å². The Labute approximate surface area is 112 Å². The molecule has 18 heavy (non-hydrogen) atoms. The molecule has 0 bridgehead atoms. The van der Waals surface area contributed by atoms with Gasteiger partial charge >= 0.3 is 0 Å². The van der Waals surface area contributed by atoms with Crippen LogP contribution in [0.4, 0.5) is 0 Å².